The molecule has 0 aliphatic rings. The Hall–Kier alpha value is -3.26. The first-order valence-corrected chi connectivity index (χ1v) is 9.47. The van der Waals surface area contributed by atoms with Crippen molar-refractivity contribution in [2.45, 2.75) is 56.7 Å². The molecule has 176 valence electrons. The summed E-state index contributed by atoms with van der Waals surface area (Å²) < 4.78 is 0. The third-order valence-corrected chi connectivity index (χ3v) is 4.01. The molecule has 31 heavy (non-hydrogen) atoms. The standard InChI is InChI=1S/C17H29N5O9/c18-6-2-1-3-9(19)15(29)22-11(7-13(25)26)17(31)21-10(4-5-12(23)24)16(30)20-8-14(27)28/h9-11H,1-8,18-19H2,(H,20,30)(H,21,31)(H,22,29)(H,23,24)(H,25,26)(H,27,28). The number of hydrogen-bond acceptors (Lipinski definition) is 8. The fraction of sp³-hybridized carbons (Fsp3) is 0.647. The van der Waals surface area contributed by atoms with Crippen molar-refractivity contribution in [3.63, 3.8) is 0 Å². The van der Waals surface area contributed by atoms with E-state index in [0.29, 0.717) is 19.4 Å². The fourth-order valence-electron chi connectivity index (χ4n) is 2.40. The highest BCUT2D eigenvalue weighted by Crippen LogP contribution is 2.03. The molecule has 0 spiro atoms. The van der Waals surface area contributed by atoms with Crippen molar-refractivity contribution in [1.29, 1.82) is 0 Å². The van der Waals surface area contributed by atoms with Gasteiger partial charge in [-0.1, -0.05) is 6.42 Å². The number of unbranched alkanes of at least 4 members (excludes halogenated alkanes) is 1. The van der Waals surface area contributed by atoms with Crippen molar-refractivity contribution in [2.75, 3.05) is 13.1 Å². The number of carboxylic acids is 3. The lowest BCUT2D eigenvalue weighted by Crippen LogP contribution is -2.56. The van der Waals surface area contributed by atoms with Crippen LogP contribution in [0.1, 0.15) is 38.5 Å². The van der Waals surface area contributed by atoms with E-state index in [-0.39, 0.29) is 6.42 Å². The number of hydrogen-bond donors (Lipinski definition) is 8. The molecular weight excluding hydrogens is 418 g/mol. The first-order chi connectivity index (χ1) is 14.5. The molecule has 0 aromatic heterocycles. The molecule has 0 aromatic rings. The number of carbonyl (C=O) groups is 6. The zero-order valence-electron chi connectivity index (χ0n) is 16.8. The van der Waals surface area contributed by atoms with E-state index < -0.39 is 79.6 Å². The summed E-state index contributed by atoms with van der Waals surface area (Å²) in [6.07, 6.45) is -0.330. The van der Waals surface area contributed by atoms with Crippen molar-refractivity contribution in [1.82, 2.24) is 16.0 Å². The van der Waals surface area contributed by atoms with Gasteiger partial charge in [0.2, 0.25) is 17.7 Å². The van der Waals surface area contributed by atoms with Crippen molar-refractivity contribution in [3.8, 4) is 0 Å². The summed E-state index contributed by atoms with van der Waals surface area (Å²) in [6, 6.07) is -4.07. The molecule has 3 unspecified atom stereocenters. The Balaban J connectivity index is 5.23. The molecule has 0 saturated heterocycles. The maximum absolute atomic E-state index is 12.5. The van der Waals surface area contributed by atoms with Gasteiger partial charge in [0.15, 0.2) is 0 Å². The van der Waals surface area contributed by atoms with E-state index in [4.69, 9.17) is 26.8 Å². The van der Waals surface area contributed by atoms with E-state index in [2.05, 4.69) is 10.6 Å². The Morgan fingerprint density at radius 3 is 1.87 bits per heavy atom. The van der Waals surface area contributed by atoms with E-state index in [1.807, 2.05) is 5.32 Å². The number of nitrogens with one attached hydrogen (secondary N) is 3. The van der Waals surface area contributed by atoms with E-state index in [1.165, 1.54) is 0 Å². The molecule has 3 atom stereocenters. The highest BCUT2D eigenvalue weighted by atomic mass is 16.4. The van der Waals surface area contributed by atoms with E-state index in [0.717, 1.165) is 0 Å². The highest BCUT2D eigenvalue weighted by molar-refractivity contribution is 5.95. The first kappa shape index (κ1) is 27.7. The van der Waals surface area contributed by atoms with Gasteiger partial charge in [-0.15, -0.1) is 0 Å². The summed E-state index contributed by atoms with van der Waals surface area (Å²) in [5, 5.41) is 32.8. The summed E-state index contributed by atoms with van der Waals surface area (Å²) in [6.45, 7) is -0.370. The highest BCUT2D eigenvalue weighted by Gasteiger charge is 2.30. The Kier molecular flexibility index (Phi) is 13.1. The second-order valence-electron chi connectivity index (χ2n) is 6.66. The molecule has 0 heterocycles. The van der Waals surface area contributed by atoms with Gasteiger partial charge in [-0.25, -0.2) is 0 Å². The fourth-order valence-corrected chi connectivity index (χ4v) is 2.40. The van der Waals surface area contributed by atoms with Crippen LogP contribution in [0.4, 0.5) is 0 Å². The quantitative estimate of drug-likeness (QED) is 0.110. The van der Waals surface area contributed by atoms with Crippen LogP contribution in [0.5, 0.6) is 0 Å². The molecule has 14 nitrogen and oxygen atoms in total. The number of rotatable bonds is 16. The van der Waals surface area contributed by atoms with Crippen molar-refractivity contribution in [3.05, 3.63) is 0 Å². The molecule has 0 aromatic carbocycles. The summed E-state index contributed by atoms with van der Waals surface area (Å²) in [5.74, 6) is -6.88. The second kappa shape index (κ2) is 14.7. The number of nitrogens with two attached hydrogens (primary N) is 2. The molecular formula is C17H29N5O9. The van der Waals surface area contributed by atoms with E-state index in [9.17, 15) is 28.8 Å². The minimum absolute atomic E-state index is 0.253. The molecule has 0 aliphatic heterocycles. The SMILES string of the molecule is NCCCCC(N)C(=O)NC(CC(=O)O)C(=O)NC(CCC(=O)O)C(=O)NCC(=O)O. The number of carboxylic acid groups (broad SMARTS) is 3. The van der Waals surface area contributed by atoms with Crippen molar-refractivity contribution in [2.24, 2.45) is 11.5 Å². The molecule has 14 heteroatoms. The summed E-state index contributed by atoms with van der Waals surface area (Å²) >= 11 is 0. The smallest absolute Gasteiger partial charge is 0.322 e. The van der Waals surface area contributed by atoms with Crippen LogP contribution < -0.4 is 27.4 Å². The summed E-state index contributed by atoms with van der Waals surface area (Å²) in [5.41, 5.74) is 11.1. The minimum atomic E-state index is -1.59. The van der Waals surface area contributed by atoms with Crippen molar-refractivity contribution >= 4 is 35.6 Å². The number of aliphatic carboxylic acids is 3. The molecule has 0 radical (unpaired) electrons. The lowest BCUT2D eigenvalue weighted by atomic mass is 10.1. The van der Waals surface area contributed by atoms with Crippen LogP contribution in [0.15, 0.2) is 0 Å². The van der Waals surface area contributed by atoms with Gasteiger partial charge in [-0.05, 0) is 25.8 Å². The van der Waals surface area contributed by atoms with Crippen LogP contribution in [0, 0.1) is 0 Å². The van der Waals surface area contributed by atoms with Gasteiger partial charge < -0.3 is 42.7 Å². The van der Waals surface area contributed by atoms with Crippen LogP contribution >= 0.6 is 0 Å². The molecule has 3 amide bonds. The molecule has 0 aliphatic carbocycles. The Bertz CT molecular complexity index is 670. The van der Waals surface area contributed by atoms with Crippen LogP contribution in [0.2, 0.25) is 0 Å². The molecule has 10 N–H and O–H groups in total. The lowest BCUT2D eigenvalue weighted by molar-refractivity contribution is -0.142. The predicted molar refractivity (Wildman–Crippen MR) is 105 cm³/mol. The average molecular weight is 447 g/mol. The second-order valence-corrected chi connectivity index (χ2v) is 6.66. The maximum atomic E-state index is 12.5. The van der Waals surface area contributed by atoms with Crippen LogP contribution in [-0.4, -0.2) is 82.2 Å². The van der Waals surface area contributed by atoms with E-state index >= 15 is 0 Å². The Morgan fingerprint density at radius 1 is 0.742 bits per heavy atom. The normalized spacial score (nSPS) is 13.4. The molecule has 0 saturated carbocycles. The Labute approximate surface area is 177 Å². The number of carbonyl (C=O) groups excluding carboxylic acids is 3. The monoisotopic (exact) mass is 447 g/mol. The topological polar surface area (TPSA) is 251 Å². The van der Waals surface area contributed by atoms with Gasteiger partial charge >= 0.3 is 17.9 Å². The summed E-state index contributed by atoms with van der Waals surface area (Å²) in [7, 11) is 0. The largest absolute Gasteiger partial charge is 0.481 e. The minimum Gasteiger partial charge on any atom is -0.481 e. The van der Waals surface area contributed by atoms with Gasteiger partial charge in [-0.3, -0.25) is 28.8 Å². The molecule has 0 bridgehead atoms. The Morgan fingerprint density at radius 2 is 1.35 bits per heavy atom. The number of amides is 3. The predicted octanol–water partition coefficient (Wildman–Crippen LogP) is -3.05. The summed E-state index contributed by atoms with van der Waals surface area (Å²) in [4.78, 5) is 69.3. The molecule has 0 fully saturated rings. The first-order valence-electron chi connectivity index (χ1n) is 9.47. The van der Waals surface area contributed by atoms with Crippen LogP contribution in [-0.2, 0) is 28.8 Å². The maximum Gasteiger partial charge on any atom is 0.322 e. The van der Waals surface area contributed by atoms with Gasteiger partial charge in [0, 0.05) is 6.42 Å². The van der Waals surface area contributed by atoms with Crippen LogP contribution in [0.3, 0.4) is 0 Å². The lowest BCUT2D eigenvalue weighted by Gasteiger charge is -2.23. The van der Waals surface area contributed by atoms with Gasteiger partial charge in [-0.2, -0.15) is 0 Å². The van der Waals surface area contributed by atoms with Crippen molar-refractivity contribution < 1.29 is 44.1 Å². The zero-order chi connectivity index (χ0) is 24.0. The molecule has 0 rings (SSSR count). The van der Waals surface area contributed by atoms with Gasteiger partial charge in [0.25, 0.3) is 0 Å². The van der Waals surface area contributed by atoms with E-state index in [1.54, 1.807) is 0 Å². The van der Waals surface area contributed by atoms with Gasteiger partial charge in [0.05, 0.1) is 12.5 Å². The third-order valence-electron chi connectivity index (χ3n) is 4.01. The van der Waals surface area contributed by atoms with Crippen LogP contribution in [0.25, 0.3) is 0 Å². The zero-order valence-corrected chi connectivity index (χ0v) is 16.8. The average Bonchev–Trinajstić information content (AvgIpc) is 2.67. The third kappa shape index (κ3) is 12.8. The van der Waals surface area contributed by atoms with Gasteiger partial charge in [0.1, 0.15) is 18.6 Å².